The fourth-order valence-electron chi connectivity index (χ4n) is 2.11. The third kappa shape index (κ3) is 4.85. The van der Waals surface area contributed by atoms with E-state index < -0.39 is 5.97 Å². The Hall–Kier alpha value is -1.01. The van der Waals surface area contributed by atoms with Gasteiger partial charge in [-0.3, -0.25) is 4.79 Å². The molecule has 0 bridgehead atoms. The lowest BCUT2D eigenvalue weighted by molar-refractivity contribution is -0.138. The first-order valence-corrected chi connectivity index (χ1v) is 5.56. The van der Waals surface area contributed by atoms with Gasteiger partial charge in [-0.15, -0.1) is 11.8 Å². The molecular formula is C12H19NO2. The second kappa shape index (κ2) is 6.47. The van der Waals surface area contributed by atoms with Crippen LogP contribution in [-0.4, -0.2) is 35.6 Å². The minimum absolute atomic E-state index is 0.315. The summed E-state index contributed by atoms with van der Waals surface area (Å²) in [6.45, 7) is 4.86. The second-order valence-electron chi connectivity index (χ2n) is 4.08. The number of aliphatic carboxylic acids is 1. The van der Waals surface area contributed by atoms with E-state index in [0.29, 0.717) is 12.3 Å². The summed E-state index contributed by atoms with van der Waals surface area (Å²) in [5.41, 5.74) is 0. The fraction of sp³-hybridized carbons (Fsp3) is 0.750. The van der Waals surface area contributed by atoms with E-state index in [4.69, 9.17) is 5.11 Å². The third-order valence-electron chi connectivity index (χ3n) is 2.80. The number of hydrogen-bond donors (Lipinski definition) is 1. The van der Waals surface area contributed by atoms with Crippen LogP contribution in [0.4, 0.5) is 0 Å². The molecule has 1 rings (SSSR count). The molecule has 0 aromatic heterocycles. The van der Waals surface area contributed by atoms with Crippen LogP contribution in [0.15, 0.2) is 0 Å². The Labute approximate surface area is 91.5 Å². The molecule has 0 aromatic carbocycles. The van der Waals surface area contributed by atoms with Crippen molar-refractivity contribution in [3.63, 3.8) is 0 Å². The summed E-state index contributed by atoms with van der Waals surface area (Å²) in [4.78, 5) is 12.9. The van der Waals surface area contributed by atoms with E-state index in [9.17, 15) is 4.79 Å². The summed E-state index contributed by atoms with van der Waals surface area (Å²) in [5, 5.41) is 8.73. The number of carboxylic acid groups (broad SMARTS) is 1. The molecule has 0 amide bonds. The summed E-state index contributed by atoms with van der Waals surface area (Å²) in [7, 11) is 0. The van der Waals surface area contributed by atoms with Gasteiger partial charge in [0.15, 0.2) is 0 Å². The van der Waals surface area contributed by atoms with E-state index in [2.05, 4.69) is 16.7 Å². The minimum atomic E-state index is -0.671. The molecule has 0 radical (unpaired) electrons. The number of hydrogen-bond acceptors (Lipinski definition) is 2. The predicted molar refractivity (Wildman–Crippen MR) is 59.5 cm³/mol. The topological polar surface area (TPSA) is 40.5 Å². The van der Waals surface area contributed by atoms with Gasteiger partial charge in [-0.2, -0.15) is 0 Å². The first-order chi connectivity index (χ1) is 7.22. The van der Waals surface area contributed by atoms with Crippen LogP contribution in [0.3, 0.4) is 0 Å². The van der Waals surface area contributed by atoms with Crippen LogP contribution in [0.1, 0.15) is 32.6 Å². The smallest absolute Gasteiger partial charge is 0.303 e. The van der Waals surface area contributed by atoms with E-state index in [-0.39, 0.29) is 0 Å². The van der Waals surface area contributed by atoms with Crippen LogP contribution in [0, 0.1) is 17.8 Å². The van der Waals surface area contributed by atoms with Crippen LogP contribution in [0.25, 0.3) is 0 Å². The van der Waals surface area contributed by atoms with Gasteiger partial charge in [0.1, 0.15) is 0 Å². The van der Waals surface area contributed by atoms with Gasteiger partial charge in [0.05, 0.1) is 0 Å². The van der Waals surface area contributed by atoms with E-state index >= 15 is 0 Å². The molecule has 0 aliphatic carbocycles. The highest BCUT2D eigenvalue weighted by Gasteiger charge is 2.21. The number of nitrogens with zero attached hydrogens (tertiary/aromatic N) is 1. The van der Waals surface area contributed by atoms with Crippen molar-refractivity contribution in [2.75, 3.05) is 19.6 Å². The van der Waals surface area contributed by atoms with Crippen molar-refractivity contribution >= 4 is 5.97 Å². The number of piperidine rings is 1. The molecule has 0 saturated carbocycles. The zero-order valence-electron chi connectivity index (χ0n) is 9.33. The van der Waals surface area contributed by atoms with Gasteiger partial charge in [0.2, 0.25) is 0 Å². The summed E-state index contributed by atoms with van der Waals surface area (Å²) >= 11 is 0. The Morgan fingerprint density at radius 3 is 3.07 bits per heavy atom. The van der Waals surface area contributed by atoms with Crippen molar-refractivity contribution in [2.24, 2.45) is 5.92 Å². The molecule has 15 heavy (non-hydrogen) atoms. The average Bonchev–Trinajstić information content (AvgIpc) is 2.18. The predicted octanol–water partition coefficient (Wildman–Crippen LogP) is 1.59. The van der Waals surface area contributed by atoms with E-state index in [0.717, 1.165) is 38.9 Å². The van der Waals surface area contributed by atoms with Crippen molar-refractivity contribution in [2.45, 2.75) is 32.6 Å². The van der Waals surface area contributed by atoms with Gasteiger partial charge < -0.3 is 10.0 Å². The van der Waals surface area contributed by atoms with Crippen molar-refractivity contribution in [1.29, 1.82) is 0 Å². The Balaban J connectivity index is 2.27. The van der Waals surface area contributed by atoms with Crippen molar-refractivity contribution in [1.82, 2.24) is 4.90 Å². The molecule has 3 heteroatoms. The lowest BCUT2D eigenvalue weighted by Gasteiger charge is -2.31. The number of rotatable bonds is 4. The zero-order chi connectivity index (χ0) is 11.1. The van der Waals surface area contributed by atoms with Gasteiger partial charge in [0, 0.05) is 25.9 Å². The molecular weight excluding hydrogens is 190 g/mol. The normalized spacial score (nSPS) is 21.8. The highest BCUT2D eigenvalue weighted by atomic mass is 16.4. The lowest BCUT2D eigenvalue weighted by atomic mass is 9.95. The van der Waals surface area contributed by atoms with Crippen LogP contribution < -0.4 is 0 Å². The van der Waals surface area contributed by atoms with Crippen LogP contribution >= 0.6 is 0 Å². The number of likely N-dealkylation sites (tertiary alicyclic amines) is 1. The molecule has 1 saturated heterocycles. The Morgan fingerprint density at radius 1 is 1.60 bits per heavy atom. The highest BCUT2D eigenvalue weighted by Crippen LogP contribution is 2.19. The third-order valence-corrected chi connectivity index (χ3v) is 2.80. The van der Waals surface area contributed by atoms with E-state index in [1.54, 1.807) is 0 Å². The standard InChI is InChI=1S/C12H19NO2/c1-2-3-4-7-13-8-5-6-11(10-13)9-12(14)15/h11H,4-10H2,1H3,(H,14,15). The molecule has 84 valence electrons. The molecule has 0 spiro atoms. The van der Waals surface area contributed by atoms with Gasteiger partial charge in [-0.1, -0.05) is 0 Å². The minimum Gasteiger partial charge on any atom is -0.481 e. The first-order valence-electron chi connectivity index (χ1n) is 5.56. The summed E-state index contributed by atoms with van der Waals surface area (Å²) in [6, 6.07) is 0. The summed E-state index contributed by atoms with van der Waals surface area (Å²) in [5.74, 6) is 5.59. The fourth-order valence-corrected chi connectivity index (χ4v) is 2.11. The molecule has 1 unspecified atom stereocenters. The molecule has 1 aliphatic rings. The molecule has 1 heterocycles. The maximum atomic E-state index is 10.6. The quantitative estimate of drug-likeness (QED) is 0.715. The maximum Gasteiger partial charge on any atom is 0.303 e. The Kier molecular flexibility index (Phi) is 5.20. The molecule has 3 nitrogen and oxygen atoms in total. The largest absolute Gasteiger partial charge is 0.481 e. The molecule has 1 atom stereocenters. The first kappa shape index (κ1) is 12.1. The zero-order valence-corrected chi connectivity index (χ0v) is 9.33. The van der Waals surface area contributed by atoms with Crippen LogP contribution in [0.5, 0.6) is 0 Å². The Morgan fingerprint density at radius 2 is 2.40 bits per heavy atom. The van der Waals surface area contributed by atoms with Crippen molar-refractivity contribution < 1.29 is 9.90 Å². The molecule has 1 aliphatic heterocycles. The van der Waals surface area contributed by atoms with Crippen LogP contribution in [0.2, 0.25) is 0 Å². The van der Waals surface area contributed by atoms with Crippen molar-refractivity contribution in [3.8, 4) is 11.8 Å². The molecule has 1 fully saturated rings. The Bertz CT molecular complexity index is 265. The average molecular weight is 209 g/mol. The SMILES string of the molecule is CC#CCCN1CCCC(CC(=O)O)C1. The summed E-state index contributed by atoms with van der Waals surface area (Å²) in [6.07, 6.45) is 3.39. The number of carboxylic acids is 1. The van der Waals surface area contributed by atoms with Gasteiger partial charge in [0.25, 0.3) is 0 Å². The van der Waals surface area contributed by atoms with Crippen molar-refractivity contribution in [3.05, 3.63) is 0 Å². The van der Waals surface area contributed by atoms with Crippen LogP contribution in [-0.2, 0) is 4.79 Å². The second-order valence-corrected chi connectivity index (χ2v) is 4.08. The van der Waals surface area contributed by atoms with E-state index in [1.165, 1.54) is 0 Å². The van der Waals surface area contributed by atoms with E-state index in [1.807, 2.05) is 6.92 Å². The van der Waals surface area contributed by atoms with Gasteiger partial charge >= 0.3 is 5.97 Å². The van der Waals surface area contributed by atoms with Gasteiger partial charge in [-0.05, 0) is 32.2 Å². The monoisotopic (exact) mass is 209 g/mol. The highest BCUT2D eigenvalue weighted by molar-refractivity contribution is 5.67. The molecule has 1 N–H and O–H groups in total. The molecule has 0 aromatic rings. The number of carbonyl (C=O) groups is 1. The lowest BCUT2D eigenvalue weighted by Crippen LogP contribution is -2.36. The van der Waals surface area contributed by atoms with Gasteiger partial charge in [-0.25, -0.2) is 0 Å². The maximum absolute atomic E-state index is 10.6. The summed E-state index contributed by atoms with van der Waals surface area (Å²) < 4.78 is 0.